The first-order valence-electron chi connectivity index (χ1n) is 8.83. The standard InChI is InChI=1S/C19H20N4O3S/c1-26-15-8-4-13(5-9-15)17-21-22(19(25)23(17)14-6-7-14)11-10-20-18(24)16-3-2-12-27-16/h2-5,8-9,12,14H,6-7,10-11H2,1H3,(H,20,24). The summed E-state index contributed by atoms with van der Waals surface area (Å²) in [5.41, 5.74) is 0.745. The second kappa shape index (κ2) is 7.40. The van der Waals surface area contributed by atoms with E-state index in [9.17, 15) is 9.59 Å². The monoisotopic (exact) mass is 384 g/mol. The van der Waals surface area contributed by atoms with Crippen molar-refractivity contribution < 1.29 is 9.53 Å². The van der Waals surface area contributed by atoms with Gasteiger partial charge in [-0.3, -0.25) is 9.36 Å². The lowest BCUT2D eigenvalue weighted by atomic mass is 10.2. The van der Waals surface area contributed by atoms with Crippen molar-refractivity contribution in [2.24, 2.45) is 0 Å². The Bertz CT molecular complexity index is 985. The van der Waals surface area contributed by atoms with Crippen LogP contribution in [0.25, 0.3) is 11.4 Å². The summed E-state index contributed by atoms with van der Waals surface area (Å²) in [6.07, 6.45) is 1.98. The first-order valence-corrected chi connectivity index (χ1v) is 9.71. The minimum Gasteiger partial charge on any atom is -0.497 e. The molecule has 1 aliphatic rings. The van der Waals surface area contributed by atoms with Gasteiger partial charge < -0.3 is 10.1 Å². The van der Waals surface area contributed by atoms with Crippen LogP contribution < -0.4 is 15.7 Å². The molecule has 1 fully saturated rings. The third-order valence-corrected chi connectivity index (χ3v) is 5.35. The topological polar surface area (TPSA) is 78.2 Å². The molecule has 7 nitrogen and oxygen atoms in total. The number of methoxy groups -OCH3 is 1. The second-order valence-corrected chi connectivity index (χ2v) is 7.34. The molecule has 1 aliphatic carbocycles. The SMILES string of the molecule is COc1ccc(-c2nn(CCNC(=O)c3cccs3)c(=O)n2C2CC2)cc1. The number of ether oxygens (including phenoxy) is 1. The number of nitrogens with zero attached hydrogens (tertiary/aromatic N) is 3. The van der Waals surface area contributed by atoms with Crippen molar-refractivity contribution in [3.05, 3.63) is 57.1 Å². The van der Waals surface area contributed by atoms with Crippen molar-refractivity contribution in [3.63, 3.8) is 0 Å². The van der Waals surface area contributed by atoms with E-state index in [-0.39, 0.29) is 17.6 Å². The average molecular weight is 384 g/mol. The number of carbonyl (C=O) groups is 1. The fraction of sp³-hybridized carbons (Fsp3) is 0.316. The Hall–Kier alpha value is -2.87. The number of hydrogen-bond donors (Lipinski definition) is 1. The Morgan fingerprint density at radius 3 is 2.70 bits per heavy atom. The maximum atomic E-state index is 12.8. The van der Waals surface area contributed by atoms with E-state index in [0.29, 0.717) is 23.8 Å². The lowest BCUT2D eigenvalue weighted by molar-refractivity contribution is 0.0956. The molecule has 0 aliphatic heterocycles. The van der Waals surface area contributed by atoms with Gasteiger partial charge in [-0.2, -0.15) is 0 Å². The van der Waals surface area contributed by atoms with Crippen LogP contribution >= 0.6 is 11.3 Å². The molecule has 0 radical (unpaired) electrons. The molecule has 1 aromatic carbocycles. The number of thiophene rings is 1. The average Bonchev–Trinajstić information content (AvgIpc) is 3.26. The van der Waals surface area contributed by atoms with Crippen molar-refractivity contribution >= 4 is 17.2 Å². The first kappa shape index (κ1) is 17.5. The van der Waals surface area contributed by atoms with Crippen LogP contribution in [0.4, 0.5) is 0 Å². The van der Waals surface area contributed by atoms with Crippen LogP contribution in [0.3, 0.4) is 0 Å². The summed E-state index contributed by atoms with van der Waals surface area (Å²) in [6.45, 7) is 0.680. The van der Waals surface area contributed by atoms with E-state index in [1.165, 1.54) is 16.0 Å². The summed E-state index contributed by atoms with van der Waals surface area (Å²) in [5, 5.41) is 9.23. The van der Waals surface area contributed by atoms with E-state index >= 15 is 0 Å². The molecular weight excluding hydrogens is 364 g/mol. The normalized spacial score (nSPS) is 13.5. The van der Waals surface area contributed by atoms with Crippen LogP contribution in [0, 0.1) is 0 Å². The van der Waals surface area contributed by atoms with Gasteiger partial charge in [0.15, 0.2) is 5.82 Å². The zero-order chi connectivity index (χ0) is 18.8. The molecule has 0 bridgehead atoms. The van der Waals surface area contributed by atoms with E-state index in [2.05, 4.69) is 10.4 Å². The molecule has 0 unspecified atom stereocenters. The summed E-state index contributed by atoms with van der Waals surface area (Å²) in [6, 6.07) is 11.3. The highest BCUT2D eigenvalue weighted by Crippen LogP contribution is 2.36. The zero-order valence-corrected chi connectivity index (χ0v) is 15.7. The van der Waals surface area contributed by atoms with Gasteiger partial charge in [0, 0.05) is 18.2 Å². The van der Waals surface area contributed by atoms with Crippen molar-refractivity contribution in [1.82, 2.24) is 19.7 Å². The van der Waals surface area contributed by atoms with Gasteiger partial charge in [0.05, 0.1) is 18.5 Å². The number of rotatable bonds is 7. The highest BCUT2D eigenvalue weighted by atomic mass is 32.1. The van der Waals surface area contributed by atoms with Crippen molar-refractivity contribution in [3.8, 4) is 17.1 Å². The predicted octanol–water partition coefficient (Wildman–Crippen LogP) is 2.55. The molecule has 1 N–H and O–H groups in total. The van der Waals surface area contributed by atoms with E-state index in [0.717, 1.165) is 24.2 Å². The fourth-order valence-corrected chi connectivity index (χ4v) is 3.57. The molecule has 1 amide bonds. The smallest absolute Gasteiger partial charge is 0.346 e. The molecule has 2 aromatic heterocycles. The molecule has 2 heterocycles. The zero-order valence-electron chi connectivity index (χ0n) is 14.9. The molecule has 4 rings (SSSR count). The largest absolute Gasteiger partial charge is 0.497 e. The molecule has 140 valence electrons. The van der Waals surface area contributed by atoms with Crippen molar-refractivity contribution in [2.75, 3.05) is 13.7 Å². The lowest BCUT2D eigenvalue weighted by Crippen LogP contribution is -2.31. The van der Waals surface area contributed by atoms with Crippen LogP contribution in [0.1, 0.15) is 28.6 Å². The van der Waals surface area contributed by atoms with Crippen molar-refractivity contribution in [1.29, 1.82) is 0 Å². The number of aromatic nitrogens is 3. The molecule has 1 saturated carbocycles. The number of carbonyl (C=O) groups excluding carboxylic acids is 1. The maximum absolute atomic E-state index is 12.8. The Balaban J connectivity index is 1.53. The molecule has 27 heavy (non-hydrogen) atoms. The van der Waals surface area contributed by atoms with Gasteiger partial charge >= 0.3 is 5.69 Å². The number of amides is 1. The summed E-state index contributed by atoms with van der Waals surface area (Å²) in [7, 11) is 1.62. The Kier molecular flexibility index (Phi) is 4.81. The van der Waals surface area contributed by atoms with E-state index < -0.39 is 0 Å². The van der Waals surface area contributed by atoms with Crippen LogP contribution in [0.2, 0.25) is 0 Å². The first-order chi connectivity index (χ1) is 13.2. The van der Waals surface area contributed by atoms with Crippen molar-refractivity contribution in [2.45, 2.75) is 25.4 Å². The van der Waals surface area contributed by atoms with Gasteiger partial charge in [-0.1, -0.05) is 6.07 Å². The minimum absolute atomic E-state index is 0.130. The minimum atomic E-state index is -0.131. The molecule has 0 saturated heterocycles. The fourth-order valence-electron chi connectivity index (χ4n) is 2.93. The highest BCUT2D eigenvalue weighted by molar-refractivity contribution is 7.12. The quantitative estimate of drug-likeness (QED) is 0.679. The molecule has 0 spiro atoms. The van der Waals surface area contributed by atoms with Crippen LogP contribution in [-0.4, -0.2) is 33.9 Å². The van der Waals surface area contributed by atoms with Gasteiger partial charge in [0.1, 0.15) is 5.75 Å². The summed E-state index contributed by atoms with van der Waals surface area (Å²) >= 11 is 1.39. The Labute approximate surface area is 160 Å². The Morgan fingerprint density at radius 2 is 2.07 bits per heavy atom. The van der Waals surface area contributed by atoms with Gasteiger partial charge in [0.2, 0.25) is 0 Å². The van der Waals surface area contributed by atoms with Gasteiger partial charge in [-0.25, -0.2) is 9.48 Å². The molecule has 3 aromatic rings. The molecule has 8 heteroatoms. The summed E-state index contributed by atoms with van der Waals surface area (Å²) < 4.78 is 8.40. The van der Waals surface area contributed by atoms with Gasteiger partial charge in [0.25, 0.3) is 5.91 Å². The van der Waals surface area contributed by atoms with E-state index in [1.54, 1.807) is 17.7 Å². The third-order valence-electron chi connectivity index (χ3n) is 4.48. The molecular formula is C19H20N4O3S. The summed E-state index contributed by atoms with van der Waals surface area (Å²) in [5.74, 6) is 1.29. The third kappa shape index (κ3) is 3.66. The van der Waals surface area contributed by atoms with Gasteiger partial charge in [-0.05, 0) is 48.6 Å². The van der Waals surface area contributed by atoms with Crippen LogP contribution in [0.5, 0.6) is 5.75 Å². The molecule has 0 atom stereocenters. The van der Waals surface area contributed by atoms with Crippen LogP contribution in [-0.2, 0) is 6.54 Å². The number of hydrogen-bond acceptors (Lipinski definition) is 5. The number of benzene rings is 1. The lowest BCUT2D eigenvalue weighted by Gasteiger charge is -2.04. The number of nitrogens with one attached hydrogen (secondary N) is 1. The highest BCUT2D eigenvalue weighted by Gasteiger charge is 2.30. The maximum Gasteiger partial charge on any atom is 0.346 e. The van der Waals surface area contributed by atoms with E-state index in [4.69, 9.17) is 4.74 Å². The van der Waals surface area contributed by atoms with Crippen LogP contribution in [0.15, 0.2) is 46.6 Å². The second-order valence-electron chi connectivity index (χ2n) is 6.39. The Morgan fingerprint density at radius 1 is 1.30 bits per heavy atom. The van der Waals surface area contributed by atoms with Gasteiger partial charge in [-0.15, -0.1) is 16.4 Å². The summed E-state index contributed by atoms with van der Waals surface area (Å²) in [4.78, 5) is 25.5. The predicted molar refractivity (Wildman–Crippen MR) is 103 cm³/mol. The van der Waals surface area contributed by atoms with E-state index in [1.807, 2.05) is 35.7 Å².